The number of hydrogen-bond donors (Lipinski definition) is 1. The molecule has 1 aliphatic carbocycles. The minimum atomic E-state index is -0.367. The molecule has 0 saturated heterocycles. The van der Waals surface area contributed by atoms with Crippen molar-refractivity contribution >= 4 is 32.5 Å². The van der Waals surface area contributed by atoms with Crippen LogP contribution in [0.25, 0.3) is 26.8 Å². The molecule has 0 amide bonds. The monoisotopic (exact) mass is 395 g/mol. The van der Waals surface area contributed by atoms with E-state index in [1.54, 1.807) is 11.3 Å². The van der Waals surface area contributed by atoms with Gasteiger partial charge in [-0.1, -0.05) is 13.8 Å². The van der Waals surface area contributed by atoms with Gasteiger partial charge in [-0.2, -0.15) is 0 Å². The van der Waals surface area contributed by atoms with Gasteiger partial charge < -0.3 is 4.57 Å². The molecule has 1 aromatic carbocycles. The second-order valence-electron chi connectivity index (χ2n) is 7.11. The van der Waals surface area contributed by atoms with Gasteiger partial charge in [0.15, 0.2) is 0 Å². The Kier molecular flexibility index (Phi) is 4.75. The second-order valence-corrected chi connectivity index (χ2v) is 8.22. The van der Waals surface area contributed by atoms with Gasteiger partial charge in [-0.15, -0.1) is 11.3 Å². The first-order valence-electron chi connectivity index (χ1n) is 9.90. The number of benzene rings is 1. The summed E-state index contributed by atoms with van der Waals surface area (Å²) in [6, 6.07) is 5.76. The van der Waals surface area contributed by atoms with Crippen LogP contribution < -0.4 is 11.2 Å². The Bertz CT molecular complexity index is 1300. The number of aromatic amines is 1. The summed E-state index contributed by atoms with van der Waals surface area (Å²) >= 11 is 1.57. The average molecular weight is 396 g/mol. The van der Waals surface area contributed by atoms with E-state index in [2.05, 4.69) is 15.7 Å². The average Bonchev–Trinajstić information content (AvgIpc) is 3.20. The van der Waals surface area contributed by atoms with Crippen molar-refractivity contribution in [3.8, 4) is 5.69 Å². The lowest BCUT2D eigenvalue weighted by atomic mass is 9.97. The summed E-state index contributed by atoms with van der Waals surface area (Å²) in [6.07, 6.45) is 6.24. The van der Waals surface area contributed by atoms with Crippen LogP contribution in [0.15, 0.2) is 34.0 Å². The molecular weight excluding hydrogens is 370 g/mol. The fraction of sp³-hybridized carbons (Fsp3) is 0.364. The predicted octanol–water partition coefficient (Wildman–Crippen LogP) is 4.45. The van der Waals surface area contributed by atoms with E-state index in [-0.39, 0.29) is 11.2 Å². The summed E-state index contributed by atoms with van der Waals surface area (Å²) < 4.78 is 3.34. The van der Waals surface area contributed by atoms with E-state index in [9.17, 15) is 9.59 Å². The van der Waals surface area contributed by atoms with Gasteiger partial charge in [0.25, 0.3) is 5.56 Å². The van der Waals surface area contributed by atoms with Gasteiger partial charge in [0.2, 0.25) is 0 Å². The zero-order valence-corrected chi connectivity index (χ0v) is 17.6. The number of fused-ring (bicyclic) bond motifs is 4. The Hall–Kier alpha value is -2.60. The highest BCUT2D eigenvalue weighted by Gasteiger charge is 2.21. The maximum absolute atomic E-state index is 13.3. The minimum absolute atomic E-state index is 0.198. The number of aryl methyl sites for hydroxylation is 4. The molecule has 0 unspecified atom stereocenters. The third-order valence-electron chi connectivity index (χ3n) is 5.44. The lowest BCUT2D eigenvalue weighted by Crippen LogP contribution is -2.33. The van der Waals surface area contributed by atoms with Crippen LogP contribution in [-0.4, -0.2) is 14.1 Å². The molecule has 1 N–H and O–H groups in total. The summed E-state index contributed by atoms with van der Waals surface area (Å²) in [4.78, 5) is 30.9. The van der Waals surface area contributed by atoms with Crippen LogP contribution in [0, 0.1) is 6.92 Å². The highest BCUT2D eigenvalue weighted by molar-refractivity contribution is 7.18. The Labute approximate surface area is 167 Å². The van der Waals surface area contributed by atoms with E-state index in [0.717, 1.165) is 52.5 Å². The zero-order valence-electron chi connectivity index (χ0n) is 16.8. The maximum atomic E-state index is 13.3. The number of thiophene rings is 1. The fourth-order valence-electron chi connectivity index (χ4n) is 4.19. The molecule has 146 valence electrons. The zero-order chi connectivity index (χ0) is 20.0. The molecule has 0 bridgehead atoms. The first kappa shape index (κ1) is 18.7. The third-order valence-corrected chi connectivity index (χ3v) is 6.65. The smallest absolute Gasteiger partial charge is 0.334 e. The summed E-state index contributed by atoms with van der Waals surface area (Å²) in [5.41, 5.74) is 3.41. The fourth-order valence-corrected chi connectivity index (χ4v) is 5.46. The first-order valence-corrected chi connectivity index (χ1v) is 10.7. The molecule has 0 saturated carbocycles. The van der Waals surface area contributed by atoms with Gasteiger partial charge in [-0.05, 0) is 61.9 Å². The standard InChI is InChI=1S/C20H19N3O2S.C2H6/c1-11-10-22(2)15-8-7-12(9-14(11)15)23-19(24)17-13-5-3-4-6-16(13)26-18(17)21-20(23)25;1-2/h7-10H,3-6H2,1-2H3,(H,21,25);1-2H3. The topological polar surface area (TPSA) is 59.8 Å². The van der Waals surface area contributed by atoms with Crippen molar-refractivity contribution in [1.82, 2.24) is 14.1 Å². The van der Waals surface area contributed by atoms with Gasteiger partial charge in [-0.25, -0.2) is 9.36 Å². The number of rotatable bonds is 1. The lowest BCUT2D eigenvalue weighted by molar-refractivity contribution is 0.699. The molecule has 0 atom stereocenters. The Morgan fingerprint density at radius 1 is 1.11 bits per heavy atom. The van der Waals surface area contributed by atoms with Crippen LogP contribution in [-0.2, 0) is 19.9 Å². The maximum Gasteiger partial charge on any atom is 0.334 e. The van der Waals surface area contributed by atoms with Crippen molar-refractivity contribution < 1.29 is 0 Å². The van der Waals surface area contributed by atoms with E-state index in [1.165, 1.54) is 9.44 Å². The third kappa shape index (κ3) is 2.75. The highest BCUT2D eigenvalue weighted by Crippen LogP contribution is 2.33. The summed E-state index contributed by atoms with van der Waals surface area (Å²) in [5.74, 6) is 0. The normalized spacial score (nSPS) is 13.4. The van der Waals surface area contributed by atoms with Gasteiger partial charge in [-0.3, -0.25) is 9.78 Å². The van der Waals surface area contributed by atoms with Crippen molar-refractivity contribution in [3.63, 3.8) is 0 Å². The van der Waals surface area contributed by atoms with E-state index >= 15 is 0 Å². The van der Waals surface area contributed by atoms with Gasteiger partial charge in [0.1, 0.15) is 4.83 Å². The molecule has 3 aromatic heterocycles. The molecule has 5 rings (SSSR count). The molecule has 3 heterocycles. The summed E-state index contributed by atoms with van der Waals surface area (Å²) in [6.45, 7) is 6.04. The summed E-state index contributed by atoms with van der Waals surface area (Å²) in [7, 11) is 2.00. The molecule has 0 aliphatic heterocycles. The van der Waals surface area contributed by atoms with E-state index < -0.39 is 0 Å². The Morgan fingerprint density at radius 3 is 2.64 bits per heavy atom. The van der Waals surface area contributed by atoms with Crippen molar-refractivity contribution in [2.45, 2.75) is 46.5 Å². The van der Waals surface area contributed by atoms with Crippen LogP contribution in [0.3, 0.4) is 0 Å². The first-order chi connectivity index (χ1) is 13.5. The van der Waals surface area contributed by atoms with Crippen molar-refractivity contribution in [1.29, 1.82) is 0 Å². The number of nitrogens with zero attached hydrogens (tertiary/aromatic N) is 2. The minimum Gasteiger partial charge on any atom is -0.350 e. The molecule has 4 aromatic rings. The predicted molar refractivity (Wildman–Crippen MR) is 117 cm³/mol. The second kappa shape index (κ2) is 7.09. The van der Waals surface area contributed by atoms with Crippen molar-refractivity contribution in [2.24, 2.45) is 7.05 Å². The number of hydrogen-bond acceptors (Lipinski definition) is 3. The molecule has 28 heavy (non-hydrogen) atoms. The van der Waals surface area contributed by atoms with E-state index in [4.69, 9.17) is 0 Å². The number of aromatic nitrogens is 3. The van der Waals surface area contributed by atoms with Crippen LogP contribution in [0.2, 0.25) is 0 Å². The van der Waals surface area contributed by atoms with Crippen LogP contribution in [0.4, 0.5) is 0 Å². The highest BCUT2D eigenvalue weighted by atomic mass is 32.1. The largest absolute Gasteiger partial charge is 0.350 e. The number of H-pyrrole nitrogens is 1. The van der Waals surface area contributed by atoms with Crippen molar-refractivity contribution in [3.05, 3.63) is 61.2 Å². The Morgan fingerprint density at radius 2 is 1.86 bits per heavy atom. The van der Waals surface area contributed by atoms with Gasteiger partial charge >= 0.3 is 5.69 Å². The summed E-state index contributed by atoms with van der Waals surface area (Å²) in [5, 5.41) is 1.76. The van der Waals surface area contributed by atoms with Crippen molar-refractivity contribution in [2.75, 3.05) is 0 Å². The molecule has 0 radical (unpaired) electrons. The van der Waals surface area contributed by atoms with E-state index in [1.807, 2.05) is 46.0 Å². The molecule has 5 nitrogen and oxygen atoms in total. The molecule has 6 heteroatoms. The number of nitrogens with one attached hydrogen (secondary N) is 1. The van der Waals surface area contributed by atoms with Crippen LogP contribution in [0.5, 0.6) is 0 Å². The Balaban J connectivity index is 0.000000932. The molecule has 0 spiro atoms. The van der Waals surface area contributed by atoms with E-state index in [0.29, 0.717) is 11.1 Å². The molecular formula is C22H25N3O2S. The van der Waals surface area contributed by atoms with Crippen LogP contribution >= 0.6 is 11.3 Å². The van der Waals surface area contributed by atoms with Crippen LogP contribution in [0.1, 0.15) is 42.7 Å². The lowest BCUT2D eigenvalue weighted by Gasteiger charge is -2.10. The van der Waals surface area contributed by atoms with Gasteiger partial charge in [0, 0.05) is 29.0 Å². The molecule has 1 aliphatic rings. The SMILES string of the molecule is CC.Cc1cn(C)c2ccc(-n3c(=O)[nH]c4sc5c(c4c3=O)CCCC5)cc12. The van der Waals surface area contributed by atoms with Gasteiger partial charge in [0.05, 0.1) is 11.1 Å². The quantitative estimate of drug-likeness (QED) is 0.518. The molecule has 0 fully saturated rings.